The summed E-state index contributed by atoms with van der Waals surface area (Å²) >= 11 is 0. The number of hydrogen-bond acceptors (Lipinski definition) is 3. The Morgan fingerprint density at radius 1 is 2.00 bits per heavy atom. The van der Waals surface area contributed by atoms with E-state index in [0.717, 1.165) is 0 Å². The Morgan fingerprint density at radius 3 is 3.00 bits per heavy atom. The van der Waals surface area contributed by atoms with Crippen LogP contribution < -0.4 is 11.1 Å². The van der Waals surface area contributed by atoms with E-state index in [1.807, 2.05) is 0 Å². The standard InChI is InChI=1S/C4H7N3O/c5-3(8)4-6-1-2-7-4/h1,4,7H,2H2,(H2,5,8). The first kappa shape index (κ1) is 5.24. The summed E-state index contributed by atoms with van der Waals surface area (Å²) in [5.74, 6) is -0.418. The van der Waals surface area contributed by atoms with Crippen LogP contribution in [0.25, 0.3) is 0 Å². The zero-order chi connectivity index (χ0) is 5.98. The number of nitrogens with two attached hydrogens (primary N) is 1. The summed E-state index contributed by atoms with van der Waals surface area (Å²) in [6, 6.07) is 0. The molecule has 8 heavy (non-hydrogen) atoms. The van der Waals surface area contributed by atoms with Crippen molar-refractivity contribution in [1.82, 2.24) is 5.32 Å². The van der Waals surface area contributed by atoms with Gasteiger partial charge in [-0.05, 0) is 0 Å². The molecular weight excluding hydrogens is 106 g/mol. The highest BCUT2D eigenvalue weighted by atomic mass is 16.1. The van der Waals surface area contributed by atoms with E-state index in [-0.39, 0.29) is 0 Å². The first-order valence-electron chi connectivity index (χ1n) is 2.35. The van der Waals surface area contributed by atoms with Gasteiger partial charge in [-0.3, -0.25) is 15.1 Å². The zero-order valence-electron chi connectivity index (χ0n) is 4.29. The van der Waals surface area contributed by atoms with Crippen molar-refractivity contribution in [3.05, 3.63) is 0 Å². The Bertz CT molecular complexity index is 131. The fourth-order valence-electron chi connectivity index (χ4n) is 0.549. The molecule has 0 saturated heterocycles. The van der Waals surface area contributed by atoms with Gasteiger partial charge < -0.3 is 5.73 Å². The molecule has 1 amide bonds. The minimum atomic E-state index is -0.477. The second-order valence-corrected chi connectivity index (χ2v) is 1.54. The van der Waals surface area contributed by atoms with Crippen LogP contribution in [0.15, 0.2) is 4.99 Å². The van der Waals surface area contributed by atoms with Crippen molar-refractivity contribution in [3.63, 3.8) is 0 Å². The van der Waals surface area contributed by atoms with Crippen LogP contribution in [0.1, 0.15) is 0 Å². The molecule has 0 saturated carbocycles. The number of hydrogen-bond donors (Lipinski definition) is 2. The van der Waals surface area contributed by atoms with Crippen LogP contribution >= 0.6 is 0 Å². The number of nitrogens with one attached hydrogen (secondary N) is 1. The molecule has 0 aromatic heterocycles. The van der Waals surface area contributed by atoms with Crippen LogP contribution in [-0.2, 0) is 4.79 Å². The number of carbonyl (C=O) groups excluding carboxylic acids is 1. The molecule has 0 fully saturated rings. The molecule has 4 heteroatoms. The maximum absolute atomic E-state index is 10.2. The van der Waals surface area contributed by atoms with E-state index in [2.05, 4.69) is 10.3 Å². The zero-order valence-corrected chi connectivity index (χ0v) is 4.29. The van der Waals surface area contributed by atoms with Gasteiger partial charge in [0.2, 0.25) is 0 Å². The van der Waals surface area contributed by atoms with Crippen molar-refractivity contribution in [2.24, 2.45) is 10.7 Å². The molecule has 1 unspecified atom stereocenters. The van der Waals surface area contributed by atoms with Gasteiger partial charge in [0.15, 0.2) is 6.17 Å². The topological polar surface area (TPSA) is 67.5 Å². The van der Waals surface area contributed by atoms with Crippen LogP contribution in [0, 0.1) is 0 Å². The molecule has 0 aromatic rings. The minimum Gasteiger partial charge on any atom is -0.367 e. The van der Waals surface area contributed by atoms with E-state index >= 15 is 0 Å². The van der Waals surface area contributed by atoms with E-state index in [4.69, 9.17) is 5.73 Å². The lowest BCUT2D eigenvalue weighted by molar-refractivity contribution is -0.119. The van der Waals surface area contributed by atoms with Gasteiger partial charge in [-0.1, -0.05) is 0 Å². The first-order valence-corrected chi connectivity index (χ1v) is 2.35. The van der Waals surface area contributed by atoms with Crippen LogP contribution in [0.2, 0.25) is 0 Å². The predicted molar refractivity (Wildman–Crippen MR) is 29.5 cm³/mol. The van der Waals surface area contributed by atoms with E-state index in [0.29, 0.717) is 6.54 Å². The fraction of sp³-hybridized carbons (Fsp3) is 0.500. The third kappa shape index (κ3) is 0.840. The Hall–Kier alpha value is -0.900. The van der Waals surface area contributed by atoms with Crippen molar-refractivity contribution in [2.45, 2.75) is 6.17 Å². The average Bonchev–Trinajstić information content (AvgIpc) is 2.12. The fourth-order valence-corrected chi connectivity index (χ4v) is 0.549. The Morgan fingerprint density at radius 2 is 2.75 bits per heavy atom. The lowest BCUT2D eigenvalue weighted by Gasteiger charge is -1.98. The number of carbonyl (C=O) groups is 1. The van der Waals surface area contributed by atoms with Gasteiger partial charge in [-0.15, -0.1) is 0 Å². The van der Waals surface area contributed by atoms with E-state index in [1.54, 1.807) is 6.21 Å². The Balaban J connectivity index is 2.48. The number of aliphatic imine (C=N–C) groups is 1. The molecule has 4 nitrogen and oxygen atoms in total. The van der Waals surface area contributed by atoms with Crippen LogP contribution in [0.4, 0.5) is 0 Å². The van der Waals surface area contributed by atoms with Gasteiger partial charge in [0.25, 0.3) is 5.91 Å². The SMILES string of the molecule is NC(=O)C1N=CCN1. The molecule has 1 aliphatic heterocycles. The van der Waals surface area contributed by atoms with Crippen LogP contribution in [0.3, 0.4) is 0 Å². The summed E-state index contributed by atoms with van der Waals surface area (Å²) in [4.78, 5) is 14.0. The summed E-state index contributed by atoms with van der Waals surface area (Å²) in [5.41, 5.74) is 4.88. The highest BCUT2D eigenvalue weighted by Crippen LogP contribution is 1.86. The smallest absolute Gasteiger partial charge is 0.256 e. The third-order valence-corrected chi connectivity index (χ3v) is 0.926. The Kier molecular flexibility index (Phi) is 1.26. The van der Waals surface area contributed by atoms with Crippen molar-refractivity contribution in [1.29, 1.82) is 0 Å². The summed E-state index contributed by atoms with van der Waals surface area (Å²) in [7, 11) is 0. The van der Waals surface area contributed by atoms with E-state index < -0.39 is 12.1 Å². The average molecular weight is 113 g/mol. The lowest BCUT2D eigenvalue weighted by Crippen LogP contribution is -2.36. The van der Waals surface area contributed by atoms with Gasteiger partial charge >= 0.3 is 0 Å². The molecule has 1 rings (SSSR count). The van der Waals surface area contributed by atoms with Gasteiger partial charge in [0.05, 0.1) is 0 Å². The molecule has 0 spiro atoms. The van der Waals surface area contributed by atoms with Crippen molar-refractivity contribution in [2.75, 3.05) is 6.54 Å². The molecule has 0 aliphatic carbocycles. The monoisotopic (exact) mass is 113 g/mol. The van der Waals surface area contributed by atoms with Gasteiger partial charge in [0.1, 0.15) is 0 Å². The van der Waals surface area contributed by atoms with Crippen molar-refractivity contribution >= 4 is 12.1 Å². The van der Waals surface area contributed by atoms with E-state index in [1.165, 1.54) is 0 Å². The second kappa shape index (κ2) is 1.92. The van der Waals surface area contributed by atoms with Gasteiger partial charge in [-0.2, -0.15) is 0 Å². The van der Waals surface area contributed by atoms with E-state index in [9.17, 15) is 4.79 Å². The molecule has 1 aliphatic rings. The molecule has 0 radical (unpaired) electrons. The van der Waals surface area contributed by atoms with Crippen molar-refractivity contribution in [3.8, 4) is 0 Å². The summed E-state index contributed by atoms with van der Waals surface area (Å²) in [6.45, 7) is 0.646. The lowest BCUT2D eigenvalue weighted by atomic mass is 10.5. The summed E-state index contributed by atoms with van der Waals surface area (Å²) in [5, 5.41) is 2.76. The van der Waals surface area contributed by atoms with Gasteiger partial charge in [-0.25, -0.2) is 0 Å². The van der Waals surface area contributed by atoms with Crippen molar-refractivity contribution < 1.29 is 4.79 Å². The highest BCUT2D eigenvalue weighted by Gasteiger charge is 2.13. The maximum atomic E-state index is 10.2. The first-order chi connectivity index (χ1) is 3.80. The number of primary amides is 1. The quantitative estimate of drug-likeness (QED) is 0.433. The second-order valence-electron chi connectivity index (χ2n) is 1.54. The molecule has 0 bridgehead atoms. The molecule has 1 atom stereocenters. The van der Waals surface area contributed by atoms with Crippen LogP contribution in [0.5, 0.6) is 0 Å². The largest absolute Gasteiger partial charge is 0.367 e. The number of amides is 1. The molecule has 0 aromatic carbocycles. The summed E-state index contributed by atoms with van der Waals surface area (Å²) in [6.07, 6.45) is 1.16. The van der Waals surface area contributed by atoms with Crippen LogP contribution in [-0.4, -0.2) is 24.8 Å². The van der Waals surface area contributed by atoms with Gasteiger partial charge in [0, 0.05) is 12.8 Å². The highest BCUT2D eigenvalue weighted by molar-refractivity contribution is 5.83. The number of nitrogens with zero attached hydrogens (tertiary/aromatic N) is 1. The third-order valence-electron chi connectivity index (χ3n) is 0.926. The number of rotatable bonds is 1. The maximum Gasteiger partial charge on any atom is 0.256 e. The minimum absolute atomic E-state index is 0.418. The predicted octanol–water partition coefficient (Wildman–Crippen LogP) is -1.53. The molecule has 44 valence electrons. The molecule has 3 N–H and O–H groups in total. The summed E-state index contributed by atoms with van der Waals surface area (Å²) < 4.78 is 0. The molecule has 1 heterocycles. The normalized spacial score (nSPS) is 26.2. The molecular formula is C4H7N3O. The Labute approximate surface area is 46.8 Å².